The minimum atomic E-state index is 0.587. The number of benzene rings is 2. The molecule has 2 aromatic carbocycles. The van der Waals surface area contributed by atoms with Crippen LogP contribution >= 0.6 is 23.4 Å². The fraction of sp³-hybridized carbons (Fsp3) is 0.125. The number of rotatable bonds is 5. The van der Waals surface area contributed by atoms with Gasteiger partial charge in [-0.2, -0.15) is 0 Å². The Morgan fingerprint density at radius 1 is 1.09 bits per heavy atom. The molecule has 0 spiro atoms. The number of H-pyrrole nitrogens is 1. The summed E-state index contributed by atoms with van der Waals surface area (Å²) in [5, 5.41) is 11.9. The van der Waals surface area contributed by atoms with Crippen LogP contribution in [0.15, 0.2) is 58.3 Å². The van der Waals surface area contributed by atoms with E-state index in [0.717, 1.165) is 21.3 Å². The number of aromatic nitrogens is 3. The van der Waals surface area contributed by atoms with Crippen molar-refractivity contribution >= 4 is 29.3 Å². The van der Waals surface area contributed by atoms with Crippen molar-refractivity contribution in [2.45, 2.75) is 23.3 Å². The zero-order valence-corrected chi connectivity index (χ0v) is 13.6. The Balaban J connectivity index is 1.80. The minimum Gasteiger partial charge on any atom is -0.350 e. The first-order valence-corrected chi connectivity index (χ1v) is 8.05. The predicted octanol–water partition coefficient (Wildman–Crippen LogP) is 4.53. The molecule has 0 fully saturated rings. The third kappa shape index (κ3) is 3.61. The average molecular weight is 331 g/mol. The van der Waals surface area contributed by atoms with Gasteiger partial charge in [0.15, 0.2) is 0 Å². The predicted molar refractivity (Wildman–Crippen MR) is 90.5 cm³/mol. The number of anilines is 1. The van der Waals surface area contributed by atoms with Gasteiger partial charge in [-0.25, -0.2) is 0 Å². The van der Waals surface area contributed by atoms with E-state index >= 15 is 0 Å². The SMILES string of the molecule is Cc1nnc(NCc2c(Cl)cccc2Sc2ccccc2)[nH]1. The number of aromatic amines is 1. The Bertz CT molecular complexity index is 758. The molecule has 1 aromatic heterocycles. The van der Waals surface area contributed by atoms with Gasteiger partial charge in [0.25, 0.3) is 0 Å². The first-order chi connectivity index (χ1) is 10.7. The van der Waals surface area contributed by atoms with Crippen molar-refractivity contribution in [1.82, 2.24) is 15.2 Å². The van der Waals surface area contributed by atoms with Crippen LogP contribution in [0, 0.1) is 6.92 Å². The van der Waals surface area contributed by atoms with Crippen molar-refractivity contribution in [1.29, 1.82) is 0 Å². The van der Waals surface area contributed by atoms with Gasteiger partial charge in [0, 0.05) is 26.9 Å². The lowest BCUT2D eigenvalue weighted by Gasteiger charge is -2.11. The van der Waals surface area contributed by atoms with E-state index in [9.17, 15) is 0 Å². The molecule has 3 rings (SSSR count). The van der Waals surface area contributed by atoms with Crippen molar-refractivity contribution in [3.63, 3.8) is 0 Å². The summed E-state index contributed by atoms with van der Waals surface area (Å²) in [4.78, 5) is 5.36. The number of nitrogens with zero attached hydrogens (tertiary/aromatic N) is 2. The van der Waals surface area contributed by atoms with Crippen molar-refractivity contribution < 1.29 is 0 Å². The molecule has 0 aliphatic heterocycles. The van der Waals surface area contributed by atoms with Gasteiger partial charge in [-0.05, 0) is 31.2 Å². The molecule has 0 atom stereocenters. The molecule has 0 amide bonds. The summed E-state index contributed by atoms with van der Waals surface area (Å²) in [6.07, 6.45) is 0. The quantitative estimate of drug-likeness (QED) is 0.721. The Morgan fingerprint density at radius 3 is 2.64 bits per heavy atom. The van der Waals surface area contributed by atoms with E-state index in [1.54, 1.807) is 11.8 Å². The van der Waals surface area contributed by atoms with Crippen LogP contribution < -0.4 is 5.32 Å². The maximum absolute atomic E-state index is 6.37. The summed E-state index contributed by atoms with van der Waals surface area (Å²) >= 11 is 8.07. The fourth-order valence-electron chi connectivity index (χ4n) is 2.02. The zero-order chi connectivity index (χ0) is 15.4. The highest BCUT2D eigenvalue weighted by Gasteiger charge is 2.09. The second-order valence-corrected chi connectivity index (χ2v) is 6.27. The second kappa shape index (κ2) is 6.85. The Hall–Kier alpha value is -1.98. The van der Waals surface area contributed by atoms with E-state index in [4.69, 9.17) is 11.6 Å². The van der Waals surface area contributed by atoms with Crippen molar-refractivity contribution in [2.24, 2.45) is 0 Å². The number of nitrogens with one attached hydrogen (secondary N) is 2. The molecule has 3 aromatic rings. The van der Waals surface area contributed by atoms with Gasteiger partial charge in [-0.1, -0.05) is 47.6 Å². The molecule has 2 N–H and O–H groups in total. The Labute approximate surface area is 138 Å². The lowest BCUT2D eigenvalue weighted by Crippen LogP contribution is -2.03. The van der Waals surface area contributed by atoms with E-state index in [-0.39, 0.29) is 0 Å². The van der Waals surface area contributed by atoms with Crippen LogP contribution in [0.2, 0.25) is 5.02 Å². The molecular formula is C16H15ClN4S. The van der Waals surface area contributed by atoms with Crippen LogP contribution in [0.25, 0.3) is 0 Å². The van der Waals surface area contributed by atoms with Crippen molar-refractivity contribution in [2.75, 3.05) is 5.32 Å². The summed E-state index contributed by atoms with van der Waals surface area (Å²) in [5.74, 6) is 1.42. The second-order valence-electron chi connectivity index (χ2n) is 4.74. The Morgan fingerprint density at radius 2 is 1.91 bits per heavy atom. The molecule has 0 saturated carbocycles. The number of halogens is 1. The average Bonchev–Trinajstić information content (AvgIpc) is 2.93. The standard InChI is InChI=1S/C16H15ClN4S/c1-11-19-16(21-20-11)18-10-13-14(17)8-5-9-15(13)22-12-6-3-2-4-7-12/h2-9H,10H2,1H3,(H2,18,19,20,21). The number of hydrogen-bond donors (Lipinski definition) is 2. The van der Waals surface area contributed by atoms with E-state index in [1.165, 1.54) is 4.90 Å². The highest BCUT2D eigenvalue weighted by Crippen LogP contribution is 2.33. The summed E-state index contributed by atoms with van der Waals surface area (Å²) in [7, 11) is 0. The van der Waals surface area contributed by atoms with Gasteiger partial charge >= 0.3 is 0 Å². The molecule has 4 nitrogen and oxygen atoms in total. The monoisotopic (exact) mass is 330 g/mol. The maximum atomic E-state index is 6.37. The third-order valence-electron chi connectivity index (χ3n) is 3.08. The highest BCUT2D eigenvalue weighted by atomic mass is 35.5. The molecular weight excluding hydrogens is 316 g/mol. The van der Waals surface area contributed by atoms with E-state index < -0.39 is 0 Å². The van der Waals surface area contributed by atoms with Crippen LogP contribution in [0.1, 0.15) is 11.4 Å². The van der Waals surface area contributed by atoms with Crippen LogP contribution in [0.5, 0.6) is 0 Å². The summed E-state index contributed by atoms with van der Waals surface area (Å²) < 4.78 is 0. The lowest BCUT2D eigenvalue weighted by atomic mass is 10.2. The molecule has 112 valence electrons. The summed E-state index contributed by atoms with van der Waals surface area (Å²) in [6.45, 7) is 2.45. The van der Waals surface area contributed by atoms with E-state index in [2.05, 4.69) is 38.7 Å². The van der Waals surface area contributed by atoms with Crippen molar-refractivity contribution in [3.05, 3.63) is 64.9 Å². The number of hydrogen-bond acceptors (Lipinski definition) is 4. The highest BCUT2D eigenvalue weighted by molar-refractivity contribution is 7.99. The molecule has 0 saturated heterocycles. The summed E-state index contributed by atoms with van der Waals surface area (Å²) in [5.41, 5.74) is 1.05. The smallest absolute Gasteiger partial charge is 0.222 e. The molecule has 22 heavy (non-hydrogen) atoms. The minimum absolute atomic E-state index is 0.587. The van der Waals surface area contributed by atoms with Crippen LogP contribution in [-0.2, 0) is 6.54 Å². The zero-order valence-electron chi connectivity index (χ0n) is 12.0. The van der Waals surface area contributed by atoms with Crippen LogP contribution in [0.4, 0.5) is 5.95 Å². The molecule has 0 aliphatic rings. The summed E-state index contributed by atoms with van der Waals surface area (Å²) in [6, 6.07) is 16.2. The number of aryl methyl sites for hydroxylation is 1. The van der Waals surface area contributed by atoms with Crippen LogP contribution in [0.3, 0.4) is 0 Å². The topological polar surface area (TPSA) is 53.6 Å². The van der Waals surface area contributed by atoms with Crippen molar-refractivity contribution in [3.8, 4) is 0 Å². The van der Waals surface area contributed by atoms with E-state index in [1.807, 2.05) is 37.3 Å². The molecule has 1 heterocycles. The normalized spacial score (nSPS) is 10.6. The van der Waals surface area contributed by atoms with E-state index in [0.29, 0.717) is 12.5 Å². The largest absolute Gasteiger partial charge is 0.350 e. The first kappa shape index (κ1) is 14.9. The Kier molecular flexibility index (Phi) is 4.65. The van der Waals surface area contributed by atoms with Gasteiger partial charge in [-0.3, -0.25) is 0 Å². The molecule has 0 bridgehead atoms. The van der Waals surface area contributed by atoms with Gasteiger partial charge in [0.2, 0.25) is 5.95 Å². The fourth-order valence-corrected chi connectivity index (χ4v) is 3.32. The van der Waals surface area contributed by atoms with Gasteiger partial charge in [-0.15, -0.1) is 10.2 Å². The lowest BCUT2D eigenvalue weighted by molar-refractivity contribution is 1.01. The maximum Gasteiger partial charge on any atom is 0.222 e. The van der Waals surface area contributed by atoms with Gasteiger partial charge in [0.1, 0.15) is 5.82 Å². The molecule has 6 heteroatoms. The van der Waals surface area contributed by atoms with Gasteiger partial charge < -0.3 is 10.3 Å². The van der Waals surface area contributed by atoms with Crippen LogP contribution in [-0.4, -0.2) is 15.2 Å². The molecule has 0 unspecified atom stereocenters. The molecule has 0 aliphatic carbocycles. The molecule has 0 radical (unpaired) electrons. The first-order valence-electron chi connectivity index (χ1n) is 6.86. The third-order valence-corrected chi connectivity index (χ3v) is 4.54. The van der Waals surface area contributed by atoms with Gasteiger partial charge in [0.05, 0.1) is 0 Å².